The Hall–Kier alpha value is -0.180. The largest absolute Gasteiger partial charge is 0.450 e. The third-order valence-corrected chi connectivity index (χ3v) is 5.64. The summed E-state index contributed by atoms with van der Waals surface area (Å²) in [5.74, 6) is -0.00835. The molecule has 1 fully saturated rings. The molecule has 0 spiro atoms. The summed E-state index contributed by atoms with van der Waals surface area (Å²) in [6.45, 7) is 10.7. The van der Waals surface area contributed by atoms with Crippen LogP contribution in [0.5, 0.6) is 0 Å². The molecule has 2 atom stereocenters. The Kier molecular flexibility index (Phi) is 6.22. The van der Waals surface area contributed by atoms with E-state index in [4.69, 9.17) is 4.74 Å². The molecule has 0 N–H and O–H groups in total. The summed E-state index contributed by atoms with van der Waals surface area (Å²) in [4.78, 5) is 12.1. The summed E-state index contributed by atoms with van der Waals surface area (Å²) in [5, 5.41) is 0. The van der Waals surface area contributed by atoms with Crippen LogP contribution in [0.15, 0.2) is 0 Å². The summed E-state index contributed by atoms with van der Waals surface area (Å²) in [6.07, 6.45) is 8.58. The number of unbranched alkanes of at least 4 members (excludes halogenated alkanes) is 5. The molecule has 3 heteroatoms. The summed E-state index contributed by atoms with van der Waals surface area (Å²) in [6, 6.07) is 0. The van der Waals surface area contributed by atoms with Gasteiger partial charge in [-0.2, -0.15) is 0 Å². The van der Waals surface area contributed by atoms with Crippen LogP contribution in [0.1, 0.15) is 79.6 Å². The molecule has 0 unspecified atom stereocenters. The Balaban J connectivity index is 2.34. The number of thioether (sulfide) groups is 1. The Morgan fingerprint density at radius 3 is 2.26 bits per heavy atom. The number of hydrogen-bond donors (Lipinski definition) is 0. The molecular formula is C16H30O2S. The minimum Gasteiger partial charge on any atom is -0.450 e. The van der Waals surface area contributed by atoms with Gasteiger partial charge in [-0.3, -0.25) is 4.79 Å². The second-order valence-corrected chi connectivity index (χ2v) is 8.53. The molecule has 0 aromatic heterocycles. The molecule has 0 aromatic carbocycles. The molecule has 1 rings (SSSR count). The van der Waals surface area contributed by atoms with Crippen LogP contribution in [0, 0.1) is 5.41 Å². The van der Waals surface area contributed by atoms with E-state index < -0.39 is 0 Å². The minimum absolute atomic E-state index is 0.00471. The van der Waals surface area contributed by atoms with Crippen LogP contribution >= 0.6 is 11.8 Å². The number of carbonyl (C=O) groups is 1. The molecule has 0 amide bonds. The van der Waals surface area contributed by atoms with Crippen molar-refractivity contribution in [3.63, 3.8) is 0 Å². The van der Waals surface area contributed by atoms with Crippen molar-refractivity contribution in [1.82, 2.24) is 0 Å². The average Bonchev–Trinajstić information content (AvgIpc) is 2.61. The van der Waals surface area contributed by atoms with Gasteiger partial charge >= 0.3 is 5.97 Å². The molecule has 1 saturated heterocycles. The standard InChI is InChI=1S/C16H30O2S/c1-6-7-8-9-10-11-12-16(5)13(17)18-14(19-16)15(2,3)4/h14H,6-12H2,1-5H3/t14-,16+/m0/s1. The second kappa shape index (κ2) is 7.01. The van der Waals surface area contributed by atoms with Crippen molar-refractivity contribution in [2.75, 3.05) is 0 Å². The van der Waals surface area contributed by atoms with Gasteiger partial charge in [0.05, 0.1) is 0 Å². The molecule has 0 aromatic rings. The smallest absolute Gasteiger partial charge is 0.323 e. The molecule has 1 aliphatic heterocycles. The molecule has 112 valence electrons. The highest BCUT2D eigenvalue weighted by molar-refractivity contribution is 8.02. The topological polar surface area (TPSA) is 26.3 Å². The lowest BCUT2D eigenvalue weighted by Crippen LogP contribution is -2.27. The third kappa shape index (κ3) is 5.02. The van der Waals surface area contributed by atoms with Crippen molar-refractivity contribution < 1.29 is 9.53 Å². The average molecular weight is 286 g/mol. The van der Waals surface area contributed by atoms with Crippen molar-refractivity contribution in [3.05, 3.63) is 0 Å². The van der Waals surface area contributed by atoms with E-state index in [0.717, 1.165) is 12.8 Å². The lowest BCUT2D eigenvalue weighted by molar-refractivity contribution is -0.148. The highest BCUT2D eigenvalue weighted by atomic mass is 32.2. The molecule has 0 saturated carbocycles. The van der Waals surface area contributed by atoms with Crippen LogP contribution in [-0.2, 0) is 9.53 Å². The van der Waals surface area contributed by atoms with Crippen LogP contribution in [0.3, 0.4) is 0 Å². The molecule has 2 nitrogen and oxygen atoms in total. The fourth-order valence-electron chi connectivity index (χ4n) is 2.29. The highest BCUT2D eigenvalue weighted by Crippen LogP contribution is 2.48. The van der Waals surface area contributed by atoms with E-state index in [1.165, 1.54) is 32.1 Å². The van der Waals surface area contributed by atoms with E-state index in [2.05, 4.69) is 34.6 Å². The van der Waals surface area contributed by atoms with Crippen LogP contribution in [0.25, 0.3) is 0 Å². The van der Waals surface area contributed by atoms with Gasteiger partial charge in [0, 0.05) is 5.41 Å². The Morgan fingerprint density at radius 1 is 1.16 bits per heavy atom. The first kappa shape index (κ1) is 16.9. The monoisotopic (exact) mass is 286 g/mol. The maximum absolute atomic E-state index is 12.1. The fourth-order valence-corrected chi connectivity index (χ4v) is 3.66. The Bertz CT molecular complexity index is 296. The van der Waals surface area contributed by atoms with Gasteiger partial charge in [-0.15, -0.1) is 0 Å². The highest BCUT2D eigenvalue weighted by Gasteiger charge is 2.49. The number of cyclic esters (lactones) is 1. The predicted octanol–water partition coefficient (Wildman–Crippen LogP) is 5.16. The zero-order valence-corrected chi connectivity index (χ0v) is 14.1. The van der Waals surface area contributed by atoms with Crippen LogP contribution in [0.4, 0.5) is 0 Å². The SMILES string of the molecule is CCCCCCCC[C@@]1(C)S[C@@H](C(C)(C)C)OC1=O. The molecule has 0 aliphatic carbocycles. The Morgan fingerprint density at radius 2 is 1.74 bits per heavy atom. The van der Waals surface area contributed by atoms with Gasteiger partial charge in [-0.1, -0.05) is 78.0 Å². The first-order valence-corrected chi connectivity index (χ1v) is 8.56. The number of ether oxygens (including phenoxy) is 1. The quantitative estimate of drug-likeness (QED) is 0.478. The van der Waals surface area contributed by atoms with Crippen molar-refractivity contribution in [3.8, 4) is 0 Å². The molecule has 1 heterocycles. The van der Waals surface area contributed by atoms with E-state index in [1.807, 2.05) is 0 Å². The lowest BCUT2D eigenvalue weighted by atomic mass is 9.98. The number of hydrogen-bond acceptors (Lipinski definition) is 3. The van der Waals surface area contributed by atoms with Gasteiger partial charge < -0.3 is 4.74 Å². The normalized spacial score (nSPS) is 27.6. The first-order valence-electron chi connectivity index (χ1n) is 7.68. The zero-order chi connectivity index (χ0) is 14.5. The van der Waals surface area contributed by atoms with Crippen molar-refractivity contribution >= 4 is 17.7 Å². The Labute approximate surface area is 123 Å². The van der Waals surface area contributed by atoms with Gasteiger partial charge in [-0.05, 0) is 13.3 Å². The van der Waals surface area contributed by atoms with Crippen LogP contribution in [0.2, 0.25) is 0 Å². The molecule has 1 aliphatic rings. The maximum atomic E-state index is 12.1. The van der Waals surface area contributed by atoms with Crippen molar-refractivity contribution in [2.24, 2.45) is 5.41 Å². The van der Waals surface area contributed by atoms with E-state index in [-0.39, 0.29) is 21.6 Å². The van der Waals surface area contributed by atoms with E-state index in [0.29, 0.717) is 0 Å². The zero-order valence-electron chi connectivity index (χ0n) is 13.3. The fraction of sp³-hybridized carbons (Fsp3) is 0.938. The molecule has 19 heavy (non-hydrogen) atoms. The van der Waals surface area contributed by atoms with Crippen molar-refractivity contribution in [2.45, 2.75) is 89.7 Å². The number of rotatable bonds is 7. The van der Waals surface area contributed by atoms with E-state index in [1.54, 1.807) is 11.8 Å². The van der Waals surface area contributed by atoms with E-state index in [9.17, 15) is 4.79 Å². The third-order valence-electron chi connectivity index (χ3n) is 3.73. The van der Waals surface area contributed by atoms with Gasteiger partial charge in [0.2, 0.25) is 0 Å². The van der Waals surface area contributed by atoms with E-state index >= 15 is 0 Å². The maximum Gasteiger partial charge on any atom is 0.323 e. The summed E-state index contributed by atoms with van der Waals surface area (Å²) in [5.41, 5.74) is 0.0317. The van der Waals surface area contributed by atoms with Crippen LogP contribution in [-0.4, -0.2) is 16.2 Å². The van der Waals surface area contributed by atoms with Crippen LogP contribution < -0.4 is 0 Å². The minimum atomic E-state index is -0.317. The number of esters is 1. The van der Waals surface area contributed by atoms with Gasteiger partial charge in [0.25, 0.3) is 0 Å². The summed E-state index contributed by atoms with van der Waals surface area (Å²) < 4.78 is 5.24. The first-order chi connectivity index (χ1) is 8.79. The summed E-state index contributed by atoms with van der Waals surface area (Å²) in [7, 11) is 0. The summed E-state index contributed by atoms with van der Waals surface area (Å²) >= 11 is 1.72. The van der Waals surface area contributed by atoms with Gasteiger partial charge in [0.1, 0.15) is 4.75 Å². The molecular weight excluding hydrogens is 256 g/mol. The lowest BCUT2D eigenvalue weighted by Gasteiger charge is -2.25. The van der Waals surface area contributed by atoms with Gasteiger partial charge in [0.15, 0.2) is 5.44 Å². The van der Waals surface area contributed by atoms with Crippen molar-refractivity contribution in [1.29, 1.82) is 0 Å². The number of carbonyl (C=O) groups excluding carboxylic acids is 1. The predicted molar refractivity (Wildman–Crippen MR) is 83.3 cm³/mol. The second-order valence-electron chi connectivity index (χ2n) is 6.97. The molecule has 0 radical (unpaired) electrons. The molecule has 0 bridgehead atoms. The van der Waals surface area contributed by atoms with Gasteiger partial charge in [-0.25, -0.2) is 0 Å².